The second-order valence-corrected chi connectivity index (χ2v) is 7.27. The summed E-state index contributed by atoms with van der Waals surface area (Å²) in [5.41, 5.74) is 1.81. The number of hydrogen-bond donors (Lipinski definition) is 1. The van der Waals surface area contributed by atoms with E-state index < -0.39 is 0 Å². The van der Waals surface area contributed by atoms with E-state index in [1.54, 1.807) is 43.8 Å². The van der Waals surface area contributed by atoms with Gasteiger partial charge in [-0.1, -0.05) is 18.2 Å². The first kappa shape index (κ1) is 19.9. The van der Waals surface area contributed by atoms with Crippen molar-refractivity contribution >= 4 is 17.2 Å². The minimum atomic E-state index is -0.299. The van der Waals surface area contributed by atoms with Gasteiger partial charge in [-0.05, 0) is 53.3 Å². The number of rotatable bonds is 8. The Labute approximate surface area is 167 Å². The van der Waals surface area contributed by atoms with Gasteiger partial charge in [-0.2, -0.15) is 0 Å². The van der Waals surface area contributed by atoms with Gasteiger partial charge < -0.3 is 14.8 Å². The lowest BCUT2D eigenvalue weighted by atomic mass is 10.0. The largest absolute Gasteiger partial charge is 0.497 e. The van der Waals surface area contributed by atoms with E-state index in [1.807, 2.05) is 29.6 Å². The van der Waals surface area contributed by atoms with Crippen LogP contribution in [0.25, 0.3) is 0 Å². The highest BCUT2D eigenvalue weighted by Gasteiger charge is 2.18. The molecule has 0 aliphatic rings. The first-order valence-electron chi connectivity index (χ1n) is 8.89. The average molecular weight is 399 g/mol. The van der Waals surface area contributed by atoms with Crippen molar-refractivity contribution in [1.29, 1.82) is 0 Å². The molecule has 1 heterocycles. The predicted molar refractivity (Wildman–Crippen MR) is 109 cm³/mol. The Hall–Kier alpha value is -2.86. The highest BCUT2D eigenvalue weighted by atomic mass is 32.1. The van der Waals surface area contributed by atoms with Crippen molar-refractivity contribution in [2.75, 3.05) is 14.2 Å². The number of thiophene rings is 1. The first-order chi connectivity index (χ1) is 13.6. The summed E-state index contributed by atoms with van der Waals surface area (Å²) in [6.45, 7) is 0. The summed E-state index contributed by atoms with van der Waals surface area (Å²) in [5.74, 6) is 1.01. The number of hydrogen-bond acceptors (Lipinski definition) is 4. The van der Waals surface area contributed by atoms with Crippen molar-refractivity contribution in [2.45, 2.75) is 18.9 Å². The molecule has 6 heteroatoms. The predicted octanol–water partition coefficient (Wildman–Crippen LogP) is 4.74. The summed E-state index contributed by atoms with van der Waals surface area (Å²) in [6, 6.07) is 15.4. The third-order valence-corrected chi connectivity index (χ3v) is 5.33. The Balaban J connectivity index is 1.70. The van der Waals surface area contributed by atoms with E-state index in [-0.39, 0.29) is 17.8 Å². The molecule has 0 aliphatic carbocycles. The molecule has 2 aromatic carbocycles. The van der Waals surface area contributed by atoms with Gasteiger partial charge in [0, 0.05) is 17.4 Å². The number of aryl methyl sites for hydroxylation is 1. The maximum atomic E-state index is 13.3. The second-order valence-electron chi connectivity index (χ2n) is 6.29. The standard InChI is InChI=1S/C22H22FNO3S/c1-26-18-12-15(13-19(14-18)27-2)5-10-21(25)24-22(20-4-3-11-28-20)16-6-8-17(23)9-7-16/h3-4,6-9,11-14,22H,5,10H2,1-2H3,(H,24,25). The molecule has 3 rings (SSSR count). The minimum absolute atomic E-state index is 0.0792. The molecule has 0 spiro atoms. The molecule has 1 N–H and O–H groups in total. The van der Waals surface area contributed by atoms with Gasteiger partial charge in [-0.15, -0.1) is 11.3 Å². The zero-order valence-electron chi connectivity index (χ0n) is 15.8. The molecular weight excluding hydrogens is 377 g/mol. The van der Waals surface area contributed by atoms with E-state index in [0.29, 0.717) is 24.3 Å². The second kappa shape index (κ2) is 9.37. The van der Waals surface area contributed by atoms with Crippen LogP contribution >= 0.6 is 11.3 Å². The molecule has 4 nitrogen and oxygen atoms in total. The Morgan fingerprint density at radius 3 is 2.32 bits per heavy atom. The molecule has 0 saturated heterocycles. The number of benzene rings is 2. The number of amides is 1. The van der Waals surface area contributed by atoms with Crippen LogP contribution in [0.2, 0.25) is 0 Å². The van der Waals surface area contributed by atoms with Crippen molar-refractivity contribution in [3.63, 3.8) is 0 Å². The monoisotopic (exact) mass is 399 g/mol. The van der Waals surface area contributed by atoms with Gasteiger partial charge in [0.15, 0.2) is 0 Å². The average Bonchev–Trinajstić information content (AvgIpc) is 3.25. The van der Waals surface area contributed by atoms with Gasteiger partial charge in [-0.25, -0.2) is 4.39 Å². The summed E-state index contributed by atoms with van der Waals surface area (Å²) in [5, 5.41) is 5.03. The fraction of sp³-hybridized carbons (Fsp3) is 0.227. The van der Waals surface area contributed by atoms with Crippen LogP contribution < -0.4 is 14.8 Å². The third-order valence-electron chi connectivity index (χ3n) is 4.39. The van der Waals surface area contributed by atoms with Gasteiger partial charge in [0.1, 0.15) is 17.3 Å². The number of methoxy groups -OCH3 is 2. The maximum Gasteiger partial charge on any atom is 0.221 e. The topological polar surface area (TPSA) is 47.6 Å². The Morgan fingerprint density at radius 1 is 1.07 bits per heavy atom. The molecule has 1 unspecified atom stereocenters. The molecule has 0 aliphatic heterocycles. The van der Waals surface area contributed by atoms with Crippen molar-refractivity contribution in [1.82, 2.24) is 5.32 Å². The third kappa shape index (κ3) is 5.10. The van der Waals surface area contributed by atoms with Crippen LogP contribution in [0.1, 0.15) is 28.5 Å². The quantitative estimate of drug-likeness (QED) is 0.595. The number of nitrogens with one attached hydrogen (secondary N) is 1. The summed E-state index contributed by atoms with van der Waals surface area (Å²) < 4.78 is 23.8. The van der Waals surface area contributed by atoms with Crippen LogP contribution in [0.3, 0.4) is 0 Å². The van der Waals surface area contributed by atoms with Gasteiger partial charge in [0.2, 0.25) is 5.91 Å². The molecule has 0 bridgehead atoms. The molecule has 0 fully saturated rings. The SMILES string of the molecule is COc1cc(CCC(=O)NC(c2ccc(F)cc2)c2cccs2)cc(OC)c1. The molecule has 146 valence electrons. The van der Waals surface area contributed by atoms with Crippen LogP contribution in [0.5, 0.6) is 11.5 Å². The van der Waals surface area contributed by atoms with Crippen LogP contribution in [0.15, 0.2) is 60.0 Å². The lowest BCUT2D eigenvalue weighted by Gasteiger charge is -2.18. The van der Waals surface area contributed by atoms with E-state index >= 15 is 0 Å². The van der Waals surface area contributed by atoms with E-state index in [2.05, 4.69) is 5.32 Å². The number of halogens is 1. The lowest BCUT2D eigenvalue weighted by Crippen LogP contribution is -2.29. The normalized spacial score (nSPS) is 11.7. The highest BCUT2D eigenvalue weighted by Crippen LogP contribution is 2.27. The number of ether oxygens (including phenoxy) is 2. The van der Waals surface area contributed by atoms with E-state index in [0.717, 1.165) is 16.0 Å². The summed E-state index contributed by atoms with van der Waals surface area (Å²) in [7, 11) is 3.19. The van der Waals surface area contributed by atoms with Crippen molar-refractivity contribution in [3.8, 4) is 11.5 Å². The van der Waals surface area contributed by atoms with Gasteiger partial charge >= 0.3 is 0 Å². The lowest BCUT2D eigenvalue weighted by molar-refractivity contribution is -0.121. The smallest absolute Gasteiger partial charge is 0.221 e. The Bertz CT molecular complexity index is 888. The van der Waals surface area contributed by atoms with Gasteiger partial charge in [0.25, 0.3) is 0 Å². The van der Waals surface area contributed by atoms with Gasteiger partial charge in [0.05, 0.1) is 20.3 Å². The van der Waals surface area contributed by atoms with Crippen LogP contribution in [0, 0.1) is 5.82 Å². The number of carbonyl (C=O) groups is 1. The van der Waals surface area contributed by atoms with Crippen LogP contribution in [0.4, 0.5) is 4.39 Å². The molecular formula is C22H22FNO3S. The molecule has 1 amide bonds. The van der Waals surface area contributed by atoms with Gasteiger partial charge in [-0.3, -0.25) is 4.79 Å². The van der Waals surface area contributed by atoms with Crippen LogP contribution in [-0.2, 0) is 11.2 Å². The molecule has 1 aromatic heterocycles. The minimum Gasteiger partial charge on any atom is -0.497 e. The van der Waals surface area contributed by atoms with E-state index in [4.69, 9.17) is 9.47 Å². The molecule has 3 aromatic rings. The first-order valence-corrected chi connectivity index (χ1v) is 9.77. The Morgan fingerprint density at radius 2 is 1.75 bits per heavy atom. The Kier molecular flexibility index (Phi) is 6.66. The van der Waals surface area contributed by atoms with Crippen molar-refractivity contribution in [3.05, 3.63) is 81.8 Å². The van der Waals surface area contributed by atoms with Crippen LogP contribution in [-0.4, -0.2) is 20.1 Å². The van der Waals surface area contributed by atoms with Crippen molar-refractivity contribution in [2.24, 2.45) is 0 Å². The zero-order valence-corrected chi connectivity index (χ0v) is 16.6. The molecule has 28 heavy (non-hydrogen) atoms. The fourth-order valence-electron chi connectivity index (χ4n) is 2.93. The van der Waals surface area contributed by atoms with E-state index in [9.17, 15) is 9.18 Å². The number of carbonyl (C=O) groups excluding carboxylic acids is 1. The summed E-state index contributed by atoms with van der Waals surface area (Å²) in [4.78, 5) is 13.6. The maximum absolute atomic E-state index is 13.3. The molecule has 0 radical (unpaired) electrons. The highest BCUT2D eigenvalue weighted by molar-refractivity contribution is 7.10. The summed E-state index contributed by atoms with van der Waals surface area (Å²) >= 11 is 1.55. The fourth-order valence-corrected chi connectivity index (χ4v) is 3.73. The molecule has 1 atom stereocenters. The van der Waals surface area contributed by atoms with E-state index in [1.165, 1.54) is 12.1 Å². The zero-order chi connectivity index (χ0) is 19.9. The summed E-state index contributed by atoms with van der Waals surface area (Å²) in [6.07, 6.45) is 0.874. The van der Waals surface area contributed by atoms with Crippen molar-refractivity contribution < 1.29 is 18.7 Å². The molecule has 0 saturated carbocycles.